The van der Waals surface area contributed by atoms with Crippen molar-refractivity contribution >= 4 is 22.9 Å². The van der Waals surface area contributed by atoms with Crippen molar-refractivity contribution in [1.82, 2.24) is 4.98 Å². The van der Waals surface area contributed by atoms with E-state index in [1.54, 1.807) is 6.20 Å². The second kappa shape index (κ2) is 5.00. The van der Waals surface area contributed by atoms with Crippen LogP contribution in [0.15, 0.2) is 18.3 Å². The summed E-state index contributed by atoms with van der Waals surface area (Å²) in [4.78, 5) is 4.48. The van der Waals surface area contributed by atoms with Crippen molar-refractivity contribution < 1.29 is 0 Å². The van der Waals surface area contributed by atoms with Gasteiger partial charge in [0.05, 0.1) is 5.69 Å². The number of anilines is 1. The van der Waals surface area contributed by atoms with Crippen LogP contribution in [0.4, 0.5) is 5.69 Å². The maximum absolute atomic E-state index is 5.57. The molecule has 0 amide bonds. The van der Waals surface area contributed by atoms with Crippen LogP contribution in [0.3, 0.4) is 0 Å². The van der Waals surface area contributed by atoms with Gasteiger partial charge in [-0.3, -0.25) is 4.98 Å². The maximum Gasteiger partial charge on any atom is 0.122 e. The highest BCUT2D eigenvalue weighted by molar-refractivity contribution is 7.80. The normalized spacial score (nSPS) is 16.5. The summed E-state index contributed by atoms with van der Waals surface area (Å²) in [5.41, 5.74) is 7.85. The molecular weight excluding hydrogens is 230 g/mol. The molecule has 1 aromatic heterocycles. The van der Waals surface area contributed by atoms with E-state index in [9.17, 15) is 0 Å². The van der Waals surface area contributed by atoms with Gasteiger partial charge in [-0.05, 0) is 36.8 Å². The lowest BCUT2D eigenvalue weighted by Crippen LogP contribution is -2.16. The van der Waals surface area contributed by atoms with Crippen molar-refractivity contribution in [3.8, 4) is 0 Å². The Bertz CT molecular complexity index is 413. The molecule has 1 saturated carbocycles. The van der Waals surface area contributed by atoms with E-state index in [-0.39, 0.29) is 0 Å². The average Bonchev–Trinajstić information content (AvgIpc) is 3.08. The van der Waals surface area contributed by atoms with Crippen LogP contribution >= 0.6 is 12.2 Å². The number of hydrogen-bond donors (Lipinski definition) is 2. The van der Waals surface area contributed by atoms with Gasteiger partial charge in [-0.2, -0.15) is 0 Å². The Morgan fingerprint density at radius 2 is 2.35 bits per heavy atom. The van der Waals surface area contributed by atoms with Crippen molar-refractivity contribution in [2.75, 3.05) is 11.9 Å². The van der Waals surface area contributed by atoms with Gasteiger partial charge in [0, 0.05) is 18.4 Å². The molecule has 17 heavy (non-hydrogen) atoms. The van der Waals surface area contributed by atoms with E-state index in [1.165, 1.54) is 25.7 Å². The van der Waals surface area contributed by atoms with Gasteiger partial charge in [-0.15, -0.1) is 0 Å². The number of thiocarbonyl (C=S) groups is 1. The van der Waals surface area contributed by atoms with E-state index in [1.807, 2.05) is 12.1 Å². The Labute approximate surface area is 108 Å². The van der Waals surface area contributed by atoms with Gasteiger partial charge in [-0.25, -0.2) is 0 Å². The fourth-order valence-electron chi connectivity index (χ4n) is 2.19. The van der Waals surface area contributed by atoms with Crippen LogP contribution in [0.25, 0.3) is 0 Å². The summed E-state index contributed by atoms with van der Waals surface area (Å²) in [7, 11) is 0. The van der Waals surface area contributed by atoms with E-state index >= 15 is 0 Å². The predicted octanol–water partition coefficient (Wildman–Crippen LogP) is 2.71. The van der Waals surface area contributed by atoms with E-state index < -0.39 is 0 Å². The van der Waals surface area contributed by atoms with Gasteiger partial charge in [0.1, 0.15) is 4.99 Å². The average molecular weight is 249 g/mol. The highest BCUT2D eigenvalue weighted by Crippen LogP contribution is 2.49. The molecule has 0 aliphatic heterocycles. The van der Waals surface area contributed by atoms with Crippen LogP contribution in [0.5, 0.6) is 0 Å². The highest BCUT2D eigenvalue weighted by Gasteiger charge is 2.40. The van der Waals surface area contributed by atoms with Crippen LogP contribution in [0.2, 0.25) is 0 Å². The lowest BCUT2D eigenvalue weighted by Gasteiger charge is -2.16. The van der Waals surface area contributed by atoms with E-state index in [0.29, 0.717) is 16.1 Å². The fourth-order valence-corrected chi connectivity index (χ4v) is 2.30. The molecule has 0 saturated heterocycles. The van der Waals surface area contributed by atoms with Gasteiger partial charge in [0.15, 0.2) is 0 Å². The summed E-state index contributed by atoms with van der Waals surface area (Å²) in [6, 6.07) is 3.88. The lowest BCUT2D eigenvalue weighted by molar-refractivity contribution is 0.485. The standard InChI is InChI=1S/C13H19N3S/c1-2-4-13(5-6-13)9-16-10-3-7-15-11(8-10)12(14)17/h3,7-8H,2,4-6,9H2,1H3,(H2,14,17)(H,15,16). The minimum absolute atomic E-state index is 0.350. The van der Waals surface area contributed by atoms with Crippen molar-refractivity contribution in [2.24, 2.45) is 11.1 Å². The molecule has 0 bridgehead atoms. The Kier molecular flexibility index (Phi) is 3.62. The molecule has 1 aromatic rings. The number of nitrogens with one attached hydrogen (secondary N) is 1. The first-order chi connectivity index (χ1) is 8.15. The van der Waals surface area contributed by atoms with E-state index in [0.717, 1.165) is 12.2 Å². The third-order valence-corrected chi connectivity index (χ3v) is 3.63. The molecule has 0 atom stereocenters. The number of rotatable bonds is 6. The molecule has 1 aliphatic rings. The number of hydrogen-bond acceptors (Lipinski definition) is 3. The highest BCUT2D eigenvalue weighted by atomic mass is 32.1. The van der Waals surface area contributed by atoms with Crippen molar-refractivity contribution in [3.63, 3.8) is 0 Å². The summed E-state index contributed by atoms with van der Waals surface area (Å²) in [5.74, 6) is 0. The van der Waals surface area contributed by atoms with Crippen molar-refractivity contribution in [2.45, 2.75) is 32.6 Å². The largest absolute Gasteiger partial charge is 0.388 e. The molecule has 1 fully saturated rings. The first-order valence-electron chi connectivity index (χ1n) is 6.15. The number of pyridine rings is 1. The summed E-state index contributed by atoms with van der Waals surface area (Å²) in [6.07, 6.45) is 7.02. The molecule has 0 radical (unpaired) electrons. The summed E-state index contributed by atoms with van der Waals surface area (Å²) < 4.78 is 0. The SMILES string of the molecule is CCCC1(CNc2ccnc(C(N)=S)c2)CC1. The van der Waals surface area contributed by atoms with Gasteiger partial charge in [0.2, 0.25) is 0 Å². The van der Waals surface area contributed by atoms with Gasteiger partial charge in [-0.1, -0.05) is 25.6 Å². The summed E-state index contributed by atoms with van der Waals surface area (Å²) >= 11 is 4.92. The molecule has 1 heterocycles. The second-order valence-electron chi connectivity index (χ2n) is 4.90. The van der Waals surface area contributed by atoms with Gasteiger partial charge >= 0.3 is 0 Å². The number of aromatic nitrogens is 1. The minimum Gasteiger partial charge on any atom is -0.388 e. The van der Waals surface area contributed by atoms with Crippen molar-refractivity contribution in [1.29, 1.82) is 0 Å². The zero-order valence-corrected chi connectivity index (χ0v) is 11.0. The smallest absolute Gasteiger partial charge is 0.122 e. The molecule has 1 aliphatic carbocycles. The Balaban J connectivity index is 1.95. The predicted molar refractivity (Wildman–Crippen MR) is 75.2 cm³/mol. The zero-order chi connectivity index (χ0) is 12.3. The maximum atomic E-state index is 5.57. The van der Waals surface area contributed by atoms with E-state index in [2.05, 4.69) is 17.2 Å². The van der Waals surface area contributed by atoms with Gasteiger partial charge < -0.3 is 11.1 Å². The molecule has 0 aromatic carbocycles. The quantitative estimate of drug-likeness (QED) is 0.761. The third-order valence-electron chi connectivity index (χ3n) is 3.42. The molecular formula is C13H19N3S. The monoisotopic (exact) mass is 249 g/mol. The first kappa shape index (κ1) is 12.3. The van der Waals surface area contributed by atoms with Crippen LogP contribution in [0, 0.1) is 5.41 Å². The minimum atomic E-state index is 0.350. The summed E-state index contributed by atoms with van der Waals surface area (Å²) in [5, 5.41) is 3.47. The Morgan fingerprint density at radius 1 is 1.59 bits per heavy atom. The zero-order valence-electron chi connectivity index (χ0n) is 10.2. The lowest BCUT2D eigenvalue weighted by atomic mass is 10.0. The molecule has 4 heteroatoms. The number of nitrogens with two attached hydrogens (primary N) is 1. The molecule has 3 N–H and O–H groups in total. The van der Waals surface area contributed by atoms with Crippen LogP contribution in [0.1, 0.15) is 38.3 Å². The van der Waals surface area contributed by atoms with Crippen molar-refractivity contribution in [3.05, 3.63) is 24.0 Å². The Hall–Kier alpha value is -1.16. The summed E-state index contributed by atoms with van der Waals surface area (Å²) in [6.45, 7) is 3.29. The third kappa shape index (κ3) is 3.16. The van der Waals surface area contributed by atoms with E-state index in [4.69, 9.17) is 18.0 Å². The topological polar surface area (TPSA) is 50.9 Å². The first-order valence-corrected chi connectivity index (χ1v) is 6.56. The van der Waals surface area contributed by atoms with Crippen LogP contribution in [-0.2, 0) is 0 Å². The molecule has 92 valence electrons. The van der Waals surface area contributed by atoms with Crippen LogP contribution in [-0.4, -0.2) is 16.5 Å². The second-order valence-corrected chi connectivity index (χ2v) is 5.34. The Morgan fingerprint density at radius 3 is 2.94 bits per heavy atom. The molecule has 2 rings (SSSR count). The number of nitrogens with zero attached hydrogens (tertiary/aromatic N) is 1. The van der Waals surface area contributed by atoms with Crippen LogP contribution < -0.4 is 11.1 Å². The molecule has 0 spiro atoms. The molecule has 3 nitrogen and oxygen atoms in total. The molecule has 0 unspecified atom stereocenters. The van der Waals surface area contributed by atoms with Gasteiger partial charge in [0.25, 0.3) is 0 Å². The fraction of sp³-hybridized carbons (Fsp3) is 0.538.